The molecule has 444 valence electrons. The molecule has 2 aliphatic rings. The summed E-state index contributed by atoms with van der Waals surface area (Å²) in [6.45, 7) is 26.6. The van der Waals surface area contributed by atoms with Gasteiger partial charge in [0.25, 0.3) is 11.1 Å². The number of hydrogen-bond acceptors (Lipinski definition) is 15. The summed E-state index contributed by atoms with van der Waals surface area (Å²) in [5.74, 6) is 0.426. The van der Waals surface area contributed by atoms with Crippen LogP contribution in [-0.4, -0.2) is 116 Å². The Bertz CT molecular complexity index is 3490. The molecular weight excluding hydrogens is 1110 g/mol. The second kappa shape index (κ2) is 27.7. The molecule has 0 spiro atoms. The van der Waals surface area contributed by atoms with E-state index >= 15 is 0 Å². The zero-order valence-electron chi connectivity index (χ0n) is 49.4. The molecule has 4 aromatic heterocycles. The van der Waals surface area contributed by atoms with Crippen LogP contribution in [0.4, 0.5) is 11.6 Å². The predicted octanol–water partition coefficient (Wildman–Crippen LogP) is 13.6. The van der Waals surface area contributed by atoms with Crippen molar-refractivity contribution < 1.29 is 27.9 Å². The minimum Gasteiger partial charge on any atom is -0.407 e. The maximum absolute atomic E-state index is 12.9. The molecule has 8 atom stereocenters. The number of aromatic nitrogens is 8. The van der Waals surface area contributed by atoms with E-state index in [1.54, 1.807) is 49.1 Å². The Morgan fingerprint density at radius 1 is 0.607 bits per heavy atom. The summed E-state index contributed by atoms with van der Waals surface area (Å²) in [4.78, 5) is 59.8. The third-order valence-electron chi connectivity index (χ3n) is 15.9. The van der Waals surface area contributed by atoms with Gasteiger partial charge in [0.15, 0.2) is 57.5 Å². The van der Waals surface area contributed by atoms with Gasteiger partial charge in [-0.2, -0.15) is 0 Å². The number of ether oxygens (including phenoxy) is 2. The number of rotatable bonds is 15. The van der Waals surface area contributed by atoms with Crippen LogP contribution < -0.4 is 11.1 Å². The van der Waals surface area contributed by atoms with Crippen LogP contribution in [0, 0.1) is 0 Å². The third kappa shape index (κ3) is 15.0. The summed E-state index contributed by atoms with van der Waals surface area (Å²) in [7, 11) is -4.37. The van der Waals surface area contributed by atoms with Crippen molar-refractivity contribution in [2.75, 3.05) is 11.1 Å². The van der Waals surface area contributed by atoms with Gasteiger partial charge >= 0.3 is 0 Å². The fourth-order valence-corrected chi connectivity index (χ4v) is 11.9. The van der Waals surface area contributed by atoms with E-state index in [-0.39, 0.29) is 59.9 Å². The highest BCUT2D eigenvalue weighted by Gasteiger charge is 2.52. The second-order valence-electron chi connectivity index (χ2n) is 23.6. The van der Waals surface area contributed by atoms with Crippen LogP contribution in [0.1, 0.15) is 120 Å². The van der Waals surface area contributed by atoms with E-state index < -0.39 is 34.3 Å². The number of nitrogens with two attached hydrogens (primary N) is 1. The third-order valence-corrected chi connectivity index (χ3v) is 25.0. The number of nitrogen functional groups attached to an aromatic ring is 1. The van der Waals surface area contributed by atoms with E-state index in [4.69, 9.17) is 45.6 Å². The smallest absolute Gasteiger partial charge is 0.256 e. The highest BCUT2D eigenvalue weighted by atomic mass is 35.5. The quantitative estimate of drug-likeness (QED) is 0.0555. The minimum absolute atomic E-state index is 0. The number of nitrogens with one attached hydrogen (secondary N) is 1. The van der Waals surface area contributed by atoms with Crippen LogP contribution in [0.3, 0.4) is 0 Å². The van der Waals surface area contributed by atoms with E-state index in [2.05, 4.69) is 117 Å². The van der Waals surface area contributed by atoms with Crippen LogP contribution in [0.25, 0.3) is 22.3 Å². The van der Waals surface area contributed by atoms with E-state index in [9.17, 15) is 9.59 Å². The number of fused-ring (bicyclic) bond motifs is 2. The molecule has 2 aliphatic heterocycles. The van der Waals surface area contributed by atoms with Gasteiger partial charge in [0.2, 0.25) is 0 Å². The Kier molecular flexibility index (Phi) is 21.2. The maximum Gasteiger partial charge on any atom is 0.256 e. The van der Waals surface area contributed by atoms with Crippen LogP contribution in [0.15, 0.2) is 157 Å². The topological polar surface area (TPSA) is 221 Å². The van der Waals surface area contributed by atoms with Crippen molar-refractivity contribution in [3.8, 4) is 0 Å². The minimum atomic E-state index is -2.23. The molecule has 1 amide bonds. The molecule has 84 heavy (non-hydrogen) atoms. The number of benzene rings is 4. The molecule has 0 aliphatic carbocycles. The molecule has 2 fully saturated rings. The van der Waals surface area contributed by atoms with Gasteiger partial charge in [-0.15, -0.1) is 0 Å². The lowest BCUT2D eigenvalue weighted by Gasteiger charge is -2.40. The molecule has 0 bridgehead atoms. The monoisotopic (exact) mass is 1190 g/mol. The first kappa shape index (κ1) is 64.4. The number of aliphatic imine (C=N–C) groups is 2. The lowest BCUT2D eigenvalue weighted by molar-refractivity contribution is -0.0321. The Labute approximate surface area is 501 Å². The number of hydrogen-bond donors (Lipinski definition) is 2. The van der Waals surface area contributed by atoms with Crippen LogP contribution >= 0.6 is 11.6 Å². The Hall–Kier alpha value is -7.18. The standard InChI is InChI=1S/C31H38N6O3Si.C24H34N6O2Si.C7H5ClO.CH4/c1-7-23-24(32-18-21-14-10-8-11-15-21)26(40-41(5,6)31(2,3)4)30(39-23)37-20-35-25-27(33-19-34-28(25)37)36-29(38)22-16-12-9-13-17-22;1-7-17-18(26-13-16-11-9-8-10-12-16)20(32-33(5,6)24(2,3)4)23(31-17)30-15-29-19-21(25)27-14-28-22(19)30;8-7(9)6-4-2-1-3-5-6;/h8-20,23-24,26,30H,7H2,1-6H3,(H,33,34,36,38);8-15,17-18,20,23H,7H2,1-6H3,(H2,25,27,28);1-5H;1H4/t23-,24-,26-,30-;17-,18-,20-,23-;;/m11../s1. The Morgan fingerprint density at radius 2 is 1.00 bits per heavy atom. The summed E-state index contributed by atoms with van der Waals surface area (Å²) in [5, 5.41) is 2.51. The molecule has 10 rings (SSSR count). The van der Waals surface area contributed by atoms with Crippen LogP contribution in [-0.2, 0) is 18.3 Å². The first-order chi connectivity index (χ1) is 39.5. The lowest BCUT2D eigenvalue weighted by Crippen LogP contribution is -2.48. The number of carbonyl (C=O) groups excluding carboxylic acids is 2. The molecular formula is C63H81ClN12O6Si2. The number of halogens is 1. The van der Waals surface area contributed by atoms with E-state index in [1.165, 1.54) is 12.7 Å². The molecule has 8 aromatic rings. The summed E-state index contributed by atoms with van der Waals surface area (Å²) in [5.41, 5.74) is 11.4. The normalized spacial score (nSPS) is 21.0. The first-order valence-electron chi connectivity index (χ1n) is 28.1. The van der Waals surface area contributed by atoms with Gasteiger partial charge in [-0.3, -0.25) is 28.7 Å². The zero-order chi connectivity index (χ0) is 59.7. The summed E-state index contributed by atoms with van der Waals surface area (Å²) < 4.78 is 31.1. The lowest BCUT2D eigenvalue weighted by atomic mass is 10.1. The number of amides is 1. The van der Waals surface area contributed by atoms with E-state index in [0.29, 0.717) is 45.1 Å². The first-order valence-corrected chi connectivity index (χ1v) is 34.3. The van der Waals surface area contributed by atoms with Crippen LogP contribution in [0.5, 0.6) is 0 Å². The number of imidazole rings is 2. The zero-order valence-corrected chi connectivity index (χ0v) is 52.2. The molecule has 0 saturated carbocycles. The molecule has 6 heterocycles. The van der Waals surface area contributed by atoms with Crippen molar-refractivity contribution in [3.63, 3.8) is 0 Å². The molecule has 2 saturated heterocycles. The van der Waals surface area contributed by atoms with Crippen molar-refractivity contribution >= 4 is 85.8 Å². The maximum atomic E-state index is 12.9. The second-order valence-corrected chi connectivity index (χ2v) is 33.4. The van der Waals surface area contributed by atoms with Crippen molar-refractivity contribution in [2.45, 2.75) is 161 Å². The van der Waals surface area contributed by atoms with Gasteiger partial charge in [0, 0.05) is 23.6 Å². The highest BCUT2D eigenvalue weighted by Crippen LogP contribution is 2.46. The van der Waals surface area contributed by atoms with Crippen molar-refractivity contribution in [2.24, 2.45) is 9.98 Å². The summed E-state index contributed by atoms with van der Waals surface area (Å²) >= 11 is 5.16. The SMILES string of the molecule is C.CC[C@H]1O[C@@H](n2cnc3c(N)ncnc32)[C@H](O[Si](C)(C)C(C)(C)C)[C@@H]1N=Cc1ccccc1.CC[C@H]1O[C@@H](n2cnc3c(NC(=O)c4ccccc4)ncnc32)[C@H](O[Si](C)(C)C(C)(C)C)[C@@H]1N=Cc1ccccc1.O=C(Cl)c1ccccc1. The highest BCUT2D eigenvalue weighted by molar-refractivity contribution is 6.74. The van der Waals surface area contributed by atoms with Crippen molar-refractivity contribution in [1.82, 2.24) is 39.0 Å². The number of nitrogens with zero attached hydrogens (tertiary/aromatic N) is 10. The van der Waals surface area contributed by atoms with Gasteiger partial charge in [0.1, 0.15) is 42.5 Å². The Balaban J connectivity index is 0.000000211. The number of carbonyl (C=O) groups is 2. The molecule has 18 nitrogen and oxygen atoms in total. The summed E-state index contributed by atoms with van der Waals surface area (Å²) in [6.07, 6.45) is 9.88. The van der Waals surface area contributed by atoms with E-state index in [0.717, 1.165) is 24.0 Å². The fourth-order valence-electron chi connectivity index (χ4n) is 9.16. The largest absolute Gasteiger partial charge is 0.407 e. The Morgan fingerprint density at radius 3 is 1.40 bits per heavy atom. The van der Waals surface area contributed by atoms with Gasteiger partial charge in [-0.05, 0) is 84.0 Å². The molecule has 0 unspecified atom stereocenters. The summed E-state index contributed by atoms with van der Waals surface area (Å²) in [6, 6.07) is 37.5. The molecule has 0 radical (unpaired) electrons. The molecule has 21 heteroatoms. The fraction of sp³-hybridized carbons (Fsp3) is 0.397. The van der Waals surface area contributed by atoms with Crippen molar-refractivity contribution in [3.05, 3.63) is 169 Å². The predicted molar refractivity (Wildman–Crippen MR) is 341 cm³/mol. The van der Waals surface area contributed by atoms with E-state index in [1.807, 2.05) is 106 Å². The van der Waals surface area contributed by atoms with Crippen LogP contribution in [0.2, 0.25) is 36.3 Å². The molecule has 3 N–H and O–H groups in total. The van der Waals surface area contributed by atoms with Gasteiger partial charge in [0.05, 0.1) is 24.9 Å². The number of anilines is 2. The van der Waals surface area contributed by atoms with Gasteiger partial charge < -0.3 is 29.4 Å². The average Bonchev–Trinajstić information content (AvgIpc) is 3.41. The average molecular weight is 1190 g/mol. The van der Waals surface area contributed by atoms with Gasteiger partial charge in [-0.25, -0.2) is 29.9 Å². The van der Waals surface area contributed by atoms with Crippen molar-refractivity contribution in [1.29, 1.82) is 0 Å². The van der Waals surface area contributed by atoms with Gasteiger partial charge in [-0.1, -0.05) is 172 Å². The molecule has 4 aromatic carbocycles.